The predicted octanol–water partition coefficient (Wildman–Crippen LogP) is 4.04. The highest BCUT2D eigenvalue weighted by Crippen LogP contribution is 2.36. The van der Waals surface area contributed by atoms with Crippen LogP contribution in [0.15, 0.2) is 12.1 Å². The Bertz CT molecular complexity index is 521. The summed E-state index contributed by atoms with van der Waals surface area (Å²) in [5, 5.41) is 0.519. The minimum absolute atomic E-state index is 0.0109. The quantitative estimate of drug-likeness (QED) is 0.733. The van der Waals surface area contributed by atoms with E-state index in [1.165, 1.54) is 25.7 Å². The Kier molecular flexibility index (Phi) is 4.18. The van der Waals surface area contributed by atoms with Crippen LogP contribution in [-0.2, 0) is 0 Å². The Morgan fingerprint density at radius 2 is 1.90 bits per heavy atom. The van der Waals surface area contributed by atoms with Gasteiger partial charge < -0.3 is 4.90 Å². The van der Waals surface area contributed by atoms with Gasteiger partial charge in [-0.15, -0.1) is 0 Å². The number of piperidine rings is 1. The van der Waals surface area contributed by atoms with E-state index in [0.717, 1.165) is 25.4 Å². The SMILES string of the molecule is O=C(c1ccc(Cl)nc1Cl)N1CCC2CCCCC2C1. The Labute approximate surface area is 129 Å². The lowest BCUT2D eigenvalue weighted by molar-refractivity contribution is 0.0520. The molecule has 2 heterocycles. The molecule has 1 aromatic rings. The molecule has 1 saturated carbocycles. The second-order valence-electron chi connectivity index (χ2n) is 5.82. The molecule has 0 spiro atoms. The molecule has 1 aliphatic carbocycles. The van der Waals surface area contributed by atoms with Crippen LogP contribution >= 0.6 is 23.2 Å². The van der Waals surface area contributed by atoms with Crippen molar-refractivity contribution in [2.24, 2.45) is 11.8 Å². The maximum Gasteiger partial charge on any atom is 0.256 e. The Hall–Kier alpha value is -0.800. The first-order valence-corrected chi connectivity index (χ1v) is 8.02. The van der Waals surface area contributed by atoms with Crippen LogP contribution in [0, 0.1) is 11.8 Å². The van der Waals surface area contributed by atoms with Crippen LogP contribution in [0.25, 0.3) is 0 Å². The molecule has 1 amide bonds. The number of hydrogen-bond donors (Lipinski definition) is 0. The maximum atomic E-state index is 12.6. The topological polar surface area (TPSA) is 33.2 Å². The minimum Gasteiger partial charge on any atom is -0.338 e. The summed E-state index contributed by atoms with van der Waals surface area (Å²) in [5.74, 6) is 1.47. The van der Waals surface area contributed by atoms with Gasteiger partial charge in [0.15, 0.2) is 0 Å². The lowest BCUT2D eigenvalue weighted by Crippen LogP contribution is -2.44. The normalized spacial score (nSPS) is 26.2. The fourth-order valence-electron chi connectivity index (χ4n) is 3.53. The van der Waals surface area contributed by atoms with Crippen LogP contribution in [0.2, 0.25) is 10.3 Å². The lowest BCUT2D eigenvalue weighted by atomic mass is 9.75. The second-order valence-corrected chi connectivity index (χ2v) is 6.56. The van der Waals surface area contributed by atoms with Gasteiger partial charge in [0.05, 0.1) is 5.56 Å². The Morgan fingerprint density at radius 3 is 2.65 bits per heavy atom. The van der Waals surface area contributed by atoms with Crippen molar-refractivity contribution in [3.8, 4) is 0 Å². The van der Waals surface area contributed by atoms with Gasteiger partial charge >= 0.3 is 0 Å². The second kappa shape index (κ2) is 5.90. The van der Waals surface area contributed by atoms with Gasteiger partial charge in [0.25, 0.3) is 5.91 Å². The van der Waals surface area contributed by atoms with Crippen LogP contribution in [0.5, 0.6) is 0 Å². The number of carbonyl (C=O) groups is 1. The zero-order valence-electron chi connectivity index (χ0n) is 11.3. The van der Waals surface area contributed by atoms with E-state index in [9.17, 15) is 4.79 Å². The Morgan fingerprint density at radius 1 is 1.15 bits per heavy atom. The number of aromatic nitrogens is 1. The van der Waals surface area contributed by atoms with Gasteiger partial charge in [-0.25, -0.2) is 4.98 Å². The number of carbonyl (C=O) groups excluding carboxylic acids is 1. The minimum atomic E-state index is -0.0109. The number of pyridine rings is 1. The van der Waals surface area contributed by atoms with Crippen molar-refractivity contribution in [3.63, 3.8) is 0 Å². The number of hydrogen-bond acceptors (Lipinski definition) is 2. The fourth-order valence-corrected chi connectivity index (χ4v) is 3.95. The summed E-state index contributed by atoms with van der Waals surface area (Å²) in [6, 6.07) is 3.29. The summed E-state index contributed by atoms with van der Waals surface area (Å²) in [4.78, 5) is 18.5. The van der Waals surface area contributed by atoms with E-state index in [4.69, 9.17) is 23.2 Å². The van der Waals surface area contributed by atoms with Gasteiger partial charge in [-0.3, -0.25) is 4.79 Å². The monoisotopic (exact) mass is 312 g/mol. The zero-order valence-corrected chi connectivity index (χ0v) is 12.8. The van der Waals surface area contributed by atoms with E-state index in [0.29, 0.717) is 16.6 Å². The van der Waals surface area contributed by atoms with Crippen LogP contribution in [-0.4, -0.2) is 28.9 Å². The molecule has 1 aliphatic heterocycles. The molecule has 0 radical (unpaired) electrons. The molecule has 3 rings (SSSR count). The van der Waals surface area contributed by atoms with Crippen molar-refractivity contribution in [1.82, 2.24) is 9.88 Å². The first-order valence-electron chi connectivity index (χ1n) is 7.26. The van der Waals surface area contributed by atoms with Crippen molar-refractivity contribution < 1.29 is 4.79 Å². The Balaban J connectivity index is 1.74. The smallest absolute Gasteiger partial charge is 0.256 e. The molecule has 3 nitrogen and oxygen atoms in total. The van der Waals surface area contributed by atoms with Crippen molar-refractivity contribution in [2.75, 3.05) is 13.1 Å². The lowest BCUT2D eigenvalue weighted by Gasteiger charge is -2.41. The summed E-state index contributed by atoms with van der Waals surface area (Å²) >= 11 is 11.8. The first kappa shape index (κ1) is 14.2. The number of halogens is 2. The van der Waals surface area contributed by atoms with Crippen molar-refractivity contribution in [3.05, 3.63) is 28.0 Å². The van der Waals surface area contributed by atoms with Crippen LogP contribution in [0.3, 0.4) is 0 Å². The summed E-state index contributed by atoms with van der Waals surface area (Å²) < 4.78 is 0. The highest BCUT2D eigenvalue weighted by atomic mass is 35.5. The molecule has 2 aliphatic rings. The van der Waals surface area contributed by atoms with Crippen molar-refractivity contribution in [1.29, 1.82) is 0 Å². The third kappa shape index (κ3) is 2.79. The standard InChI is InChI=1S/C15H18Cl2N2O/c16-13-6-5-12(14(17)18-13)15(20)19-8-7-10-3-1-2-4-11(10)9-19/h5-6,10-11H,1-4,7-9H2. The van der Waals surface area contributed by atoms with E-state index in [1.54, 1.807) is 12.1 Å². The zero-order chi connectivity index (χ0) is 14.1. The third-order valence-corrected chi connectivity index (χ3v) is 5.12. The van der Waals surface area contributed by atoms with Gasteiger partial charge in [-0.2, -0.15) is 0 Å². The fraction of sp³-hybridized carbons (Fsp3) is 0.600. The van der Waals surface area contributed by atoms with Crippen molar-refractivity contribution >= 4 is 29.1 Å². The molecule has 2 unspecified atom stereocenters. The van der Waals surface area contributed by atoms with Crippen LogP contribution in [0.1, 0.15) is 42.5 Å². The molecule has 108 valence electrons. The van der Waals surface area contributed by atoms with E-state index in [2.05, 4.69) is 4.98 Å². The van der Waals surface area contributed by atoms with E-state index < -0.39 is 0 Å². The molecular formula is C15H18Cl2N2O. The summed E-state index contributed by atoms with van der Waals surface area (Å²) in [6.07, 6.45) is 6.35. The van der Waals surface area contributed by atoms with Gasteiger partial charge in [0.2, 0.25) is 0 Å². The first-order chi connectivity index (χ1) is 9.65. The number of nitrogens with zero attached hydrogens (tertiary/aromatic N) is 2. The summed E-state index contributed by atoms with van der Waals surface area (Å²) in [7, 11) is 0. The van der Waals surface area contributed by atoms with E-state index in [1.807, 2.05) is 4.90 Å². The molecule has 2 atom stereocenters. The number of rotatable bonds is 1. The maximum absolute atomic E-state index is 12.6. The number of fused-ring (bicyclic) bond motifs is 1. The average molecular weight is 313 g/mol. The van der Waals surface area contributed by atoms with E-state index in [-0.39, 0.29) is 11.1 Å². The van der Waals surface area contributed by atoms with E-state index >= 15 is 0 Å². The molecule has 0 N–H and O–H groups in total. The number of amides is 1. The van der Waals surface area contributed by atoms with Crippen LogP contribution in [0.4, 0.5) is 0 Å². The van der Waals surface area contributed by atoms with Gasteiger partial charge in [-0.1, -0.05) is 42.5 Å². The van der Waals surface area contributed by atoms with Gasteiger partial charge in [-0.05, 0) is 36.8 Å². The molecule has 5 heteroatoms. The molecular weight excluding hydrogens is 295 g/mol. The summed E-state index contributed by atoms with van der Waals surface area (Å²) in [6.45, 7) is 1.70. The third-order valence-electron chi connectivity index (χ3n) is 4.62. The molecule has 0 aromatic carbocycles. The predicted molar refractivity (Wildman–Crippen MR) is 80.2 cm³/mol. The van der Waals surface area contributed by atoms with Crippen LogP contribution < -0.4 is 0 Å². The molecule has 1 saturated heterocycles. The largest absolute Gasteiger partial charge is 0.338 e. The van der Waals surface area contributed by atoms with Gasteiger partial charge in [0, 0.05) is 13.1 Å². The number of likely N-dealkylation sites (tertiary alicyclic amines) is 1. The average Bonchev–Trinajstić information content (AvgIpc) is 2.46. The molecule has 20 heavy (non-hydrogen) atoms. The van der Waals surface area contributed by atoms with Crippen molar-refractivity contribution in [2.45, 2.75) is 32.1 Å². The molecule has 2 fully saturated rings. The highest BCUT2D eigenvalue weighted by molar-refractivity contribution is 6.34. The molecule has 1 aromatic heterocycles. The summed E-state index contributed by atoms with van der Waals surface area (Å²) in [5.41, 5.74) is 0.463. The highest BCUT2D eigenvalue weighted by Gasteiger charge is 2.33. The molecule has 0 bridgehead atoms. The van der Waals surface area contributed by atoms with Gasteiger partial charge in [0.1, 0.15) is 10.3 Å².